The van der Waals surface area contributed by atoms with Crippen molar-refractivity contribution in [1.29, 1.82) is 0 Å². The molecule has 0 amide bonds. The van der Waals surface area contributed by atoms with Crippen molar-refractivity contribution in [2.75, 3.05) is 6.61 Å². The zero-order chi connectivity index (χ0) is 22.9. The Bertz CT molecular complexity index is 898. The second kappa shape index (κ2) is 7.61. The molecule has 3 saturated carbocycles. The van der Waals surface area contributed by atoms with Gasteiger partial charge in [-0.25, -0.2) is 0 Å². The van der Waals surface area contributed by atoms with Crippen LogP contribution in [-0.2, 0) is 19.1 Å². The number of aliphatic hydroxyl groups excluding tert-OH is 1. The molecule has 0 bridgehead atoms. The first-order chi connectivity index (χ1) is 14.4. The van der Waals surface area contributed by atoms with Crippen LogP contribution in [0.3, 0.4) is 0 Å². The summed E-state index contributed by atoms with van der Waals surface area (Å²) >= 11 is 7.63. The smallest absolute Gasteiger partial charge is 0.303 e. The predicted molar refractivity (Wildman–Crippen MR) is 121 cm³/mol. The largest absolute Gasteiger partial charge is 0.458 e. The van der Waals surface area contributed by atoms with Gasteiger partial charge in [0.15, 0.2) is 12.4 Å². The highest BCUT2D eigenvalue weighted by Gasteiger charge is 2.70. The summed E-state index contributed by atoms with van der Waals surface area (Å²) in [5.41, 5.74) is -2.07. The molecule has 2 N–H and O–H groups in total. The summed E-state index contributed by atoms with van der Waals surface area (Å²) in [4.78, 5) is 36.1. The molecule has 170 valence electrons. The maximum Gasteiger partial charge on any atom is 0.303 e. The SMILES string of the molecule is CC(=O)OCC(=O)[C@@]1(O)CC[C@H]2[C@@H]3C(Br)C(Br)C4=CC(=O)C=C[C@]4(C)[C@H]3C(O)C[C@@]21C. The number of allylic oxidation sites excluding steroid dienone is 4. The number of rotatable bonds is 3. The minimum atomic E-state index is -1.66. The Morgan fingerprint density at radius 1 is 1.29 bits per heavy atom. The van der Waals surface area contributed by atoms with Crippen LogP contribution in [0.15, 0.2) is 23.8 Å². The Kier molecular flexibility index (Phi) is 5.72. The third kappa shape index (κ3) is 3.19. The van der Waals surface area contributed by atoms with Crippen LogP contribution in [0.1, 0.15) is 40.0 Å². The molecule has 4 aliphatic carbocycles. The van der Waals surface area contributed by atoms with E-state index in [4.69, 9.17) is 4.74 Å². The summed E-state index contributed by atoms with van der Waals surface area (Å²) in [5.74, 6) is -1.36. The average molecular weight is 560 g/mol. The molecule has 0 aliphatic heterocycles. The van der Waals surface area contributed by atoms with Gasteiger partial charge in [-0.05, 0) is 48.8 Å². The van der Waals surface area contributed by atoms with Crippen LogP contribution in [0.25, 0.3) is 0 Å². The van der Waals surface area contributed by atoms with Crippen LogP contribution in [-0.4, -0.2) is 55.7 Å². The highest BCUT2D eigenvalue weighted by molar-refractivity contribution is 9.12. The Hall–Kier alpha value is -0.830. The molecule has 3 unspecified atom stereocenters. The molecular weight excluding hydrogens is 532 g/mol. The van der Waals surface area contributed by atoms with Crippen molar-refractivity contribution in [3.63, 3.8) is 0 Å². The van der Waals surface area contributed by atoms with Gasteiger partial charge in [-0.1, -0.05) is 51.8 Å². The van der Waals surface area contributed by atoms with Crippen LogP contribution in [0, 0.1) is 28.6 Å². The van der Waals surface area contributed by atoms with Crippen LogP contribution >= 0.6 is 31.9 Å². The summed E-state index contributed by atoms with van der Waals surface area (Å²) in [7, 11) is 0. The van der Waals surface area contributed by atoms with E-state index in [1.165, 1.54) is 6.92 Å². The van der Waals surface area contributed by atoms with E-state index in [-0.39, 0.29) is 46.0 Å². The molecule has 0 heterocycles. The second-order valence-corrected chi connectivity index (χ2v) is 12.0. The normalized spacial score (nSPS) is 48.4. The van der Waals surface area contributed by atoms with Crippen molar-refractivity contribution in [1.82, 2.24) is 0 Å². The van der Waals surface area contributed by atoms with Gasteiger partial charge in [-0.3, -0.25) is 14.4 Å². The van der Waals surface area contributed by atoms with Crippen molar-refractivity contribution in [2.45, 2.75) is 61.4 Å². The van der Waals surface area contributed by atoms with E-state index < -0.39 is 40.9 Å². The first-order valence-corrected chi connectivity index (χ1v) is 12.5. The molecule has 31 heavy (non-hydrogen) atoms. The van der Waals surface area contributed by atoms with Crippen LogP contribution in [0.2, 0.25) is 0 Å². The zero-order valence-electron chi connectivity index (χ0n) is 17.8. The van der Waals surface area contributed by atoms with Gasteiger partial charge in [0.2, 0.25) is 5.78 Å². The van der Waals surface area contributed by atoms with E-state index in [1.807, 2.05) is 13.0 Å². The highest BCUT2D eigenvalue weighted by atomic mass is 79.9. The van der Waals surface area contributed by atoms with Crippen molar-refractivity contribution >= 4 is 49.4 Å². The summed E-state index contributed by atoms with van der Waals surface area (Å²) < 4.78 is 4.90. The van der Waals surface area contributed by atoms with E-state index in [9.17, 15) is 24.6 Å². The minimum absolute atomic E-state index is 0.0268. The molecule has 4 aliphatic rings. The molecule has 6 nitrogen and oxygen atoms in total. The van der Waals surface area contributed by atoms with Gasteiger partial charge >= 0.3 is 5.97 Å². The third-order valence-electron chi connectivity index (χ3n) is 8.53. The molecule has 9 atom stereocenters. The molecule has 0 radical (unpaired) electrons. The van der Waals surface area contributed by atoms with Crippen molar-refractivity contribution in [3.8, 4) is 0 Å². The number of Topliss-reactive ketones (excluding diaryl/α,β-unsaturated/α-hetero) is 1. The van der Waals surface area contributed by atoms with Crippen LogP contribution < -0.4 is 0 Å². The molecule has 3 fully saturated rings. The Balaban J connectivity index is 1.74. The molecule has 0 saturated heterocycles. The van der Waals surface area contributed by atoms with E-state index in [2.05, 4.69) is 38.8 Å². The topological polar surface area (TPSA) is 101 Å². The number of ether oxygens (including phenoxy) is 1. The molecule has 0 spiro atoms. The van der Waals surface area contributed by atoms with Gasteiger partial charge in [0.1, 0.15) is 5.60 Å². The molecule has 0 aromatic heterocycles. The number of carbonyl (C=O) groups excluding carboxylic acids is 3. The second-order valence-electron chi connectivity index (χ2n) is 9.97. The van der Waals surface area contributed by atoms with E-state index >= 15 is 0 Å². The quantitative estimate of drug-likeness (QED) is 0.407. The zero-order valence-corrected chi connectivity index (χ0v) is 21.0. The lowest BCUT2D eigenvalue weighted by atomic mass is 9.46. The van der Waals surface area contributed by atoms with Crippen LogP contribution in [0.4, 0.5) is 0 Å². The fourth-order valence-corrected chi connectivity index (χ4v) is 8.96. The Morgan fingerprint density at radius 3 is 2.61 bits per heavy atom. The van der Waals surface area contributed by atoms with Crippen molar-refractivity contribution in [3.05, 3.63) is 23.8 Å². The third-order valence-corrected chi connectivity index (χ3v) is 11.4. The number of alkyl halides is 2. The molecule has 4 rings (SSSR count). The number of ketones is 2. The van der Waals surface area contributed by atoms with Gasteiger partial charge in [-0.2, -0.15) is 0 Å². The van der Waals surface area contributed by atoms with Gasteiger partial charge in [0.25, 0.3) is 0 Å². The number of hydrogen-bond donors (Lipinski definition) is 2. The van der Waals surface area contributed by atoms with Gasteiger partial charge in [-0.15, -0.1) is 0 Å². The number of aliphatic hydroxyl groups is 2. The summed E-state index contributed by atoms with van der Waals surface area (Å²) in [6.45, 7) is 4.71. The standard InChI is InChI=1S/C23H28Br2O6/c1-11(26)31-10-16(29)23(30)7-5-13-17-18(15(28)9-22(13,23)3)21(2)6-4-12(27)8-14(21)19(24)20(17)25/h4,6,8,13,15,17-20,28,30H,5,7,9-10H2,1-3H3/t13-,15?,17-,18-,19?,20?,21-,22-,23-/m0/s1. The Morgan fingerprint density at radius 2 is 1.97 bits per heavy atom. The van der Waals surface area contributed by atoms with E-state index in [0.29, 0.717) is 6.42 Å². The first kappa shape index (κ1) is 23.3. The Labute approximate surface area is 198 Å². The summed E-state index contributed by atoms with van der Waals surface area (Å²) in [6, 6.07) is 0. The summed E-state index contributed by atoms with van der Waals surface area (Å²) in [5, 5.41) is 23.0. The van der Waals surface area contributed by atoms with Gasteiger partial charge in [0.05, 0.1) is 6.10 Å². The molecular formula is C23H28Br2O6. The minimum Gasteiger partial charge on any atom is -0.458 e. The number of esters is 1. The number of hydrogen-bond acceptors (Lipinski definition) is 6. The molecule has 0 aromatic rings. The fourth-order valence-electron chi connectivity index (χ4n) is 7.00. The molecule has 8 heteroatoms. The number of carbonyl (C=O) groups is 3. The van der Waals surface area contributed by atoms with Crippen molar-refractivity contribution < 1.29 is 29.3 Å². The monoisotopic (exact) mass is 558 g/mol. The van der Waals surface area contributed by atoms with Gasteiger partial charge < -0.3 is 14.9 Å². The average Bonchev–Trinajstić information content (AvgIpc) is 2.96. The number of halogens is 2. The van der Waals surface area contributed by atoms with E-state index in [1.54, 1.807) is 12.2 Å². The lowest BCUT2D eigenvalue weighted by Gasteiger charge is -2.62. The molecule has 0 aromatic carbocycles. The maximum atomic E-state index is 13.0. The number of fused-ring (bicyclic) bond motifs is 5. The lowest BCUT2D eigenvalue weighted by Crippen LogP contribution is -2.65. The van der Waals surface area contributed by atoms with Crippen LogP contribution in [0.5, 0.6) is 0 Å². The predicted octanol–water partition coefficient (Wildman–Crippen LogP) is 2.88. The summed E-state index contributed by atoms with van der Waals surface area (Å²) in [6.07, 6.45) is 5.54. The highest BCUT2D eigenvalue weighted by Crippen LogP contribution is 2.68. The lowest BCUT2D eigenvalue weighted by molar-refractivity contribution is -0.180. The van der Waals surface area contributed by atoms with E-state index in [0.717, 1.165) is 5.57 Å². The maximum absolute atomic E-state index is 13.0. The van der Waals surface area contributed by atoms with Crippen molar-refractivity contribution in [2.24, 2.45) is 28.6 Å². The van der Waals surface area contributed by atoms with Gasteiger partial charge in [0, 0.05) is 33.3 Å². The fraction of sp³-hybridized carbons (Fsp3) is 0.696. The first-order valence-electron chi connectivity index (χ1n) is 10.7.